The highest BCUT2D eigenvalue weighted by Gasteiger charge is 2.16. The summed E-state index contributed by atoms with van der Waals surface area (Å²) in [5, 5.41) is 12.5. The minimum absolute atomic E-state index is 0.165. The predicted molar refractivity (Wildman–Crippen MR) is 146 cm³/mol. The Hall–Kier alpha value is -3.65. The second-order valence-corrected chi connectivity index (χ2v) is 9.68. The standard InChI is InChI=1S/C32H36O5/c1-3-4-5-6-8-27-21-26(33)14-10-23-12-17-31(35-2)32(20-23)37-22-24-11-15-28-25(19-24)13-16-30(34)29(28)9-7-18-36-27/h11-13,15-17,19-20,27,34H,3-6,8-10,14,21-22H2,1-2H3/t27-/m1/s1. The summed E-state index contributed by atoms with van der Waals surface area (Å²) in [4.78, 5) is 12.9. The lowest BCUT2D eigenvalue weighted by molar-refractivity contribution is -0.121. The topological polar surface area (TPSA) is 65.0 Å². The third-order valence-electron chi connectivity index (χ3n) is 6.88. The van der Waals surface area contributed by atoms with Crippen molar-refractivity contribution in [1.29, 1.82) is 0 Å². The molecule has 2 heterocycles. The van der Waals surface area contributed by atoms with E-state index in [0.29, 0.717) is 43.8 Å². The highest BCUT2D eigenvalue weighted by molar-refractivity contribution is 5.88. The maximum Gasteiger partial charge on any atom is 0.161 e. The molecule has 37 heavy (non-hydrogen) atoms. The number of unbranched alkanes of at least 4 members (excludes halogenated alkanes) is 3. The Bertz CT molecular complexity index is 1280. The molecule has 0 radical (unpaired) electrons. The smallest absolute Gasteiger partial charge is 0.161 e. The van der Waals surface area contributed by atoms with Crippen LogP contribution in [0.15, 0.2) is 48.5 Å². The highest BCUT2D eigenvalue weighted by atomic mass is 16.5. The van der Waals surface area contributed by atoms with Gasteiger partial charge in [0, 0.05) is 24.8 Å². The van der Waals surface area contributed by atoms with Crippen LogP contribution < -0.4 is 9.47 Å². The van der Waals surface area contributed by atoms with E-state index in [1.165, 1.54) is 6.42 Å². The molecule has 3 aromatic carbocycles. The summed E-state index contributed by atoms with van der Waals surface area (Å²) in [7, 11) is 1.62. The van der Waals surface area contributed by atoms with E-state index in [2.05, 4.69) is 25.0 Å². The van der Waals surface area contributed by atoms with Crippen LogP contribution in [0.4, 0.5) is 0 Å². The third kappa shape index (κ3) is 7.20. The minimum atomic E-state index is -0.225. The van der Waals surface area contributed by atoms with Crippen molar-refractivity contribution >= 4 is 16.6 Å². The molecule has 2 aliphatic heterocycles. The van der Waals surface area contributed by atoms with Crippen LogP contribution in [0.3, 0.4) is 0 Å². The number of methoxy groups -OCH3 is 1. The Morgan fingerprint density at radius 3 is 2.73 bits per heavy atom. The summed E-state index contributed by atoms with van der Waals surface area (Å²) in [5.41, 5.74) is 2.80. The lowest BCUT2D eigenvalue weighted by Gasteiger charge is -2.15. The lowest BCUT2D eigenvalue weighted by Crippen LogP contribution is -2.16. The van der Waals surface area contributed by atoms with E-state index in [0.717, 1.165) is 53.1 Å². The number of fused-ring (bicyclic) bond motifs is 9. The highest BCUT2D eigenvalue weighted by Crippen LogP contribution is 2.31. The van der Waals surface area contributed by atoms with E-state index in [4.69, 9.17) is 14.2 Å². The Morgan fingerprint density at radius 2 is 1.89 bits per heavy atom. The number of phenols is 1. The van der Waals surface area contributed by atoms with Gasteiger partial charge in [0.2, 0.25) is 0 Å². The van der Waals surface area contributed by atoms with Gasteiger partial charge in [-0.1, -0.05) is 56.4 Å². The number of phenolic OH excluding ortho intramolecular Hbond substituents is 1. The minimum Gasteiger partial charge on any atom is -0.508 e. The summed E-state index contributed by atoms with van der Waals surface area (Å²) in [5.74, 6) is 4.76. The fourth-order valence-electron chi connectivity index (χ4n) is 4.75. The van der Waals surface area contributed by atoms with Crippen molar-refractivity contribution in [1.82, 2.24) is 0 Å². The molecule has 194 valence electrons. The van der Waals surface area contributed by atoms with Crippen molar-refractivity contribution in [2.75, 3.05) is 7.11 Å². The molecular weight excluding hydrogens is 464 g/mol. The number of carbonyl (C=O) groups excluding carboxylic acids is 1. The first-order valence-electron chi connectivity index (χ1n) is 13.3. The molecule has 2 aliphatic rings. The van der Waals surface area contributed by atoms with E-state index in [1.54, 1.807) is 13.2 Å². The van der Waals surface area contributed by atoms with Gasteiger partial charge in [-0.15, -0.1) is 0 Å². The van der Waals surface area contributed by atoms with Crippen molar-refractivity contribution in [2.45, 2.75) is 77.4 Å². The number of hydrogen-bond donors (Lipinski definition) is 1. The van der Waals surface area contributed by atoms with Gasteiger partial charge in [-0.25, -0.2) is 0 Å². The summed E-state index contributed by atoms with van der Waals surface area (Å²) in [6, 6.07) is 15.5. The molecule has 5 heteroatoms. The Balaban J connectivity index is 1.64. The molecule has 1 atom stereocenters. The zero-order chi connectivity index (χ0) is 26.0. The van der Waals surface area contributed by atoms with E-state index in [9.17, 15) is 9.90 Å². The average molecular weight is 501 g/mol. The van der Waals surface area contributed by atoms with Crippen molar-refractivity contribution in [2.24, 2.45) is 0 Å². The number of rotatable bonds is 6. The number of carbonyl (C=O) groups is 1. The fourth-order valence-corrected chi connectivity index (χ4v) is 4.75. The van der Waals surface area contributed by atoms with Crippen molar-refractivity contribution in [3.8, 4) is 29.3 Å². The Kier molecular flexibility index (Phi) is 9.32. The van der Waals surface area contributed by atoms with Gasteiger partial charge in [0.05, 0.1) is 7.11 Å². The third-order valence-corrected chi connectivity index (χ3v) is 6.88. The number of hydrogen-bond acceptors (Lipinski definition) is 5. The van der Waals surface area contributed by atoms with Gasteiger partial charge in [-0.2, -0.15) is 0 Å². The van der Waals surface area contributed by atoms with E-state index >= 15 is 0 Å². The molecule has 1 N–H and O–H groups in total. The maximum absolute atomic E-state index is 12.9. The first kappa shape index (κ1) is 26.4. The summed E-state index contributed by atoms with van der Waals surface area (Å²) in [6.07, 6.45) is 9.67. The molecule has 0 spiro atoms. The van der Waals surface area contributed by atoms with E-state index in [-0.39, 0.29) is 17.6 Å². The zero-order valence-corrected chi connectivity index (χ0v) is 21.8. The molecule has 0 aromatic heterocycles. The zero-order valence-electron chi connectivity index (χ0n) is 21.8. The van der Waals surface area contributed by atoms with Crippen LogP contribution in [0.5, 0.6) is 17.2 Å². The summed E-state index contributed by atoms with van der Waals surface area (Å²) >= 11 is 0. The average Bonchev–Trinajstić information content (AvgIpc) is 2.91. The largest absolute Gasteiger partial charge is 0.508 e. The molecular formula is C32H36O5. The molecule has 5 nitrogen and oxygen atoms in total. The van der Waals surface area contributed by atoms with Gasteiger partial charge in [0.15, 0.2) is 11.5 Å². The normalized spacial score (nSPS) is 16.2. The van der Waals surface area contributed by atoms with E-state index in [1.807, 2.05) is 36.4 Å². The maximum atomic E-state index is 12.9. The second-order valence-electron chi connectivity index (χ2n) is 9.68. The quantitative estimate of drug-likeness (QED) is 0.295. The van der Waals surface area contributed by atoms with Crippen LogP contribution in [0, 0.1) is 12.0 Å². The Labute approximate surface area is 219 Å². The number of benzene rings is 3. The van der Waals surface area contributed by atoms with Gasteiger partial charge in [0.25, 0.3) is 0 Å². The number of aryl methyl sites for hydroxylation is 1. The van der Waals surface area contributed by atoms with Gasteiger partial charge in [-0.3, -0.25) is 4.79 Å². The molecule has 0 saturated heterocycles. The van der Waals surface area contributed by atoms with Crippen LogP contribution in [-0.4, -0.2) is 24.1 Å². The predicted octanol–water partition coefficient (Wildman–Crippen LogP) is 6.90. The molecule has 0 aliphatic carbocycles. The van der Waals surface area contributed by atoms with Crippen molar-refractivity contribution < 1.29 is 24.1 Å². The van der Waals surface area contributed by atoms with Crippen LogP contribution in [0.1, 0.15) is 68.6 Å². The molecule has 3 aromatic rings. The lowest BCUT2D eigenvalue weighted by atomic mass is 9.99. The molecule has 5 rings (SSSR count). The Morgan fingerprint density at radius 1 is 1.03 bits per heavy atom. The molecule has 6 bridgehead atoms. The summed E-state index contributed by atoms with van der Waals surface area (Å²) < 4.78 is 17.6. The fraction of sp³-hybridized carbons (Fsp3) is 0.406. The number of aromatic hydroxyl groups is 1. The SMILES string of the molecule is CCCCCC[C@@H]1CC(=O)CCc2ccc(OC)c(c2)OCc2ccc3c(c(O)ccc3c2)CC#CO1. The van der Waals surface area contributed by atoms with Crippen molar-refractivity contribution in [3.63, 3.8) is 0 Å². The van der Waals surface area contributed by atoms with Gasteiger partial charge in [-0.05, 0) is 65.4 Å². The van der Waals surface area contributed by atoms with Crippen molar-refractivity contribution in [3.05, 3.63) is 65.2 Å². The molecule has 0 fully saturated rings. The number of Topliss-reactive ketones (excluding diaryl/α,β-unsaturated/α-hetero) is 1. The molecule has 0 amide bonds. The van der Waals surface area contributed by atoms with Crippen LogP contribution in [0.25, 0.3) is 10.8 Å². The first-order valence-corrected chi connectivity index (χ1v) is 13.3. The monoisotopic (exact) mass is 500 g/mol. The molecule has 0 saturated carbocycles. The molecule has 0 unspecified atom stereocenters. The van der Waals surface area contributed by atoms with Crippen LogP contribution in [-0.2, 0) is 29.0 Å². The van der Waals surface area contributed by atoms with Crippen LogP contribution in [0.2, 0.25) is 0 Å². The number of ether oxygens (including phenoxy) is 3. The van der Waals surface area contributed by atoms with Gasteiger partial charge < -0.3 is 19.3 Å². The van der Waals surface area contributed by atoms with Gasteiger partial charge >= 0.3 is 0 Å². The van der Waals surface area contributed by atoms with Gasteiger partial charge in [0.1, 0.15) is 30.4 Å². The van der Waals surface area contributed by atoms with Crippen LogP contribution >= 0.6 is 0 Å². The summed E-state index contributed by atoms with van der Waals surface area (Å²) in [6.45, 7) is 2.56. The second kappa shape index (κ2) is 13.1. The van der Waals surface area contributed by atoms with E-state index < -0.39 is 0 Å². The first-order chi connectivity index (χ1) is 18.1. The number of ketones is 1.